The van der Waals surface area contributed by atoms with Crippen LogP contribution in [0.3, 0.4) is 0 Å². The van der Waals surface area contributed by atoms with Crippen LogP contribution in [0, 0.1) is 0 Å². The van der Waals surface area contributed by atoms with Crippen LogP contribution in [0.5, 0.6) is 0 Å². The number of ether oxygens (including phenoxy) is 2. The number of rotatable bonds is 1. The van der Waals surface area contributed by atoms with Gasteiger partial charge in [-0.3, -0.25) is 9.69 Å². The van der Waals surface area contributed by atoms with Gasteiger partial charge in [0.2, 0.25) is 5.91 Å². The van der Waals surface area contributed by atoms with Crippen LogP contribution < -0.4 is 5.32 Å². The summed E-state index contributed by atoms with van der Waals surface area (Å²) in [4.78, 5) is 14.0. The number of hydrogen-bond donors (Lipinski definition) is 1. The normalized spacial score (nSPS) is 43.2. The van der Waals surface area contributed by atoms with Crippen LogP contribution in [-0.4, -0.2) is 61.4 Å². The van der Waals surface area contributed by atoms with E-state index in [-0.39, 0.29) is 23.7 Å². The van der Waals surface area contributed by atoms with E-state index in [0.717, 1.165) is 39.1 Å². The molecule has 0 bridgehead atoms. The topological polar surface area (TPSA) is 50.8 Å². The van der Waals surface area contributed by atoms with Crippen molar-refractivity contribution in [2.45, 2.75) is 37.5 Å². The molecule has 5 nitrogen and oxygen atoms in total. The van der Waals surface area contributed by atoms with Gasteiger partial charge in [0, 0.05) is 32.7 Å². The van der Waals surface area contributed by atoms with E-state index in [1.807, 2.05) is 0 Å². The maximum atomic E-state index is 11.7. The first-order valence-electron chi connectivity index (χ1n) is 6.49. The van der Waals surface area contributed by atoms with Crippen molar-refractivity contribution in [3.8, 4) is 0 Å². The summed E-state index contributed by atoms with van der Waals surface area (Å²) >= 11 is 0. The van der Waals surface area contributed by atoms with Crippen LogP contribution in [0.15, 0.2) is 0 Å². The van der Waals surface area contributed by atoms with Crippen LogP contribution in [0.2, 0.25) is 0 Å². The van der Waals surface area contributed by atoms with Crippen molar-refractivity contribution in [3.05, 3.63) is 0 Å². The summed E-state index contributed by atoms with van der Waals surface area (Å²) in [6.45, 7) is 6.04. The second-order valence-electron chi connectivity index (χ2n) is 5.24. The molecular formula is C12H20N2O3. The summed E-state index contributed by atoms with van der Waals surface area (Å²) in [7, 11) is 0. The molecular weight excluding hydrogens is 220 g/mol. The molecule has 5 heteroatoms. The van der Waals surface area contributed by atoms with Crippen molar-refractivity contribution < 1.29 is 14.3 Å². The van der Waals surface area contributed by atoms with Gasteiger partial charge in [0.25, 0.3) is 0 Å². The van der Waals surface area contributed by atoms with Crippen LogP contribution in [0.4, 0.5) is 0 Å². The molecule has 1 spiro atoms. The molecule has 3 unspecified atom stereocenters. The third kappa shape index (κ3) is 1.86. The summed E-state index contributed by atoms with van der Waals surface area (Å²) < 4.78 is 11.6. The summed E-state index contributed by atoms with van der Waals surface area (Å²) in [6.07, 6.45) is 2.00. The second kappa shape index (κ2) is 4.23. The minimum absolute atomic E-state index is 0.0450. The molecule has 3 atom stereocenters. The molecule has 0 aromatic carbocycles. The first-order valence-corrected chi connectivity index (χ1v) is 6.49. The minimum Gasteiger partial charge on any atom is -0.375 e. The summed E-state index contributed by atoms with van der Waals surface area (Å²) in [5.74, 6) is 0.175. The molecule has 0 aliphatic carbocycles. The number of nitrogens with zero attached hydrogens (tertiary/aromatic N) is 1. The first kappa shape index (κ1) is 11.4. The van der Waals surface area contributed by atoms with Gasteiger partial charge in [-0.15, -0.1) is 0 Å². The van der Waals surface area contributed by atoms with E-state index in [0.29, 0.717) is 6.61 Å². The second-order valence-corrected chi connectivity index (χ2v) is 5.24. The Morgan fingerprint density at radius 1 is 1.47 bits per heavy atom. The Labute approximate surface area is 101 Å². The molecule has 1 amide bonds. The van der Waals surface area contributed by atoms with Gasteiger partial charge in [-0.1, -0.05) is 0 Å². The molecule has 96 valence electrons. The van der Waals surface area contributed by atoms with E-state index in [1.54, 1.807) is 0 Å². The Morgan fingerprint density at radius 3 is 3.00 bits per heavy atom. The van der Waals surface area contributed by atoms with E-state index in [1.165, 1.54) is 0 Å². The standard InChI is InChI=1S/C12H20N2O3/c1-9-12(3-6-16-9)8-14(5-7-17-12)10-2-4-13-11(10)15/h9-10H,2-8H2,1H3,(H,13,15). The van der Waals surface area contributed by atoms with Gasteiger partial charge < -0.3 is 14.8 Å². The minimum atomic E-state index is -0.179. The lowest BCUT2D eigenvalue weighted by Gasteiger charge is -2.43. The zero-order chi connectivity index (χ0) is 11.9. The molecule has 3 aliphatic heterocycles. The van der Waals surface area contributed by atoms with Crippen molar-refractivity contribution in [3.63, 3.8) is 0 Å². The number of nitrogens with one attached hydrogen (secondary N) is 1. The highest BCUT2D eigenvalue weighted by Gasteiger charge is 2.48. The number of hydrogen-bond acceptors (Lipinski definition) is 4. The van der Waals surface area contributed by atoms with Gasteiger partial charge in [0.15, 0.2) is 0 Å². The van der Waals surface area contributed by atoms with E-state index in [9.17, 15) is 4.79 Å². The molecule has 0 aromatic heterocycles. The fraction of sp³-hybridized carbons (Fsp3) is 0.917. The lowest BCUT2D eigenvalue weighted by Crippen LogP contribution is -2.58. The molecule has 3 fully saturated rings. The van der Waals surface area contributed by atoms with Crippen molar-refractivity contribution in [1.29, 1.82) is 0 Å². The third-order valence-corrected chi connectivity index (χ3v) is 4.33. The monoisotopic (exact) mass is 240 g/mol. The Hall–Kier alpha value is -0.650. The molecule has 0 radical (unpaired) electrons. The van der Waals surface area contributed by atoms with Crippen LogP contribution in [0.1, 0.15) is 19.8 Å². The largest absolute Gasteiger partial charge is 0.375 e. The molecule has 3 saturated heterocycles. The van der Waals surface area contributed by atoms with Gasteiger partial charge in [-0.25, -0.2) is 0 Å². The number of amides is 1. The van der Waals surface area contributed by atoms with Gasteiger partial charge in [0.1, 0.15) is 5.60 Å². The average molecular weight is 240 g/mol. The molecule has 0 saturated carbocycles. The quantitative estimate of drug-likeness (QED) is 0.687. The molecule has 3 heterocycles. The van der Waals surface area contributed by atoms with Crippen LogP contribution in [0.25, 0.3) is 0 Å². The van der Waals surface area contributed by atoms with E-state index >= 15 is 0 Å². The predicted octanol–water partition coefficient (Wildman–Crippen LogP) is -0.245. The Balaban J connectivity index is 1.73. The number of morpholine rings is 1. The molecule has 0 aromatic rings. The maximum absolute atomic E-state index is 11.7. The highest BCUT2D eigenvalue weighted by molar-refractivity contribution is 5.83. The van der Waals surface area contributed by atoms with E-state index in [2.05, 4.69) is 17.1 Å². The van der Waals surface area contributed by atoms with Gasteiger partial charge in [-0.2, -0.15) is 0 Å². The van der Waals surface area contributed by atoms with Crippen molar-refractivity contribution >= 4 is 5.91 Å². The summed E-state index contributed by atoms with van der Waals surface area (Å²) in [5.41, 5.74) is -0.179. The number of carbonyl (C=O) groups is 1. The Kier molecular flexibility index (Phi) is 2.84. The predicted molar refractivity (Wildman–Crippen MR) is 61.7 cm³/mol. The van der Waals surface area contributed by atoms with Crippen LogP contribution in [-0.2, 0) is 14.3 Å². The fourth-order valence-electron chi connectivity index (χ4n) is 3.19. The lowest BCUT2D eigenvalue weighted by molar-refractivity contribution is -0.149. The number of carbonyl (C=O) groups excluding carboxylic acids is 1. The smallest absolute Gasteiger partial charge is 0.237 e. The first-order chi connectivity index (χ1) is 8.21. The van der Waals surface area contributed by atoms with Crippen molar-refractivity contribution in [1.82, 2.24) is 10.2 Å². The molecule has 3 rings (SSSR count). The fourth-order valence-corrected chi connectivity index (χ4v) is 3.19. The average Bonchev–Trinajstić information content (AvgIpc) is 2.88. The molecule has 17 heavy (non-hydrogen) atoms. The lowest BCUT2D eigenvalue weighted by atomic mass is 9.93. The highest BCUT2D eigenvalue weighted by Crippen LogP contribution is 2.34. The maximum Gasteiger partial charge on any atom is 0.237 e. The summed E-state index contributed by atoms with van der Waals surface area (Å²) in [5, 5.41) is 2.90. The highest BCUT2D eigenvalue weighted by atomic mass is 16.6. The zero-order valence-corrected chi connectivity index (χ0v) is 10.3. The van der Waals surface area contributed by atoms with Gasteiger partial charge in [-0.05, 0) is 13.3 Å². The van der Waals surface area contributed by atoms with Crippen LogP contribution >= 0.6 is 0 Å². The van der Waals surface area contributed by atoms with Crippen molar-refractivity contribution in [2.75, 3.05) is 32.8 Å². The van der Waals surface area contributed by atoms with Crippen molar-refractivity contribution in [2.24, 2.45) is 0 Å². The van der Waals surface area contributed by atoms with E-state index < -0.39 is 0 Å². The van der Waals surface area contributed by atoms with E-state index in [4.69, 9.17) is 9.47 Å². The summed E-state index contributed by atoms with van der Waals surface area (Å²) in [6, 6.07) is 0.0450. The SMILES string of the molecule is CC1OCCC12CN(C1CCNC1=O)CCO2. The Bertz CT molecular complexity index is 323. The molecule has 1 N–H and O–H groups in total. The Morgan fingerprint density at radius 2 is 2.35 bits per heavy atom. The molecule has 3 aliphatic rings. The van der Waals surface area contributed by atoms with Gasteiger partial charge >= 0.3 is 0 Å². The zero-order valence-electron chi connectivity index (χ0n) is 10.3. The van der Waals surface area contributed by atoms with Gasteiger partial charge in [0.05, 0.1) is 18.8 Å². The third-order valence-electron chi connectivity index (χ3n) is 4.33.